The lowest BCUT2D eigenvalue weighted by Crippen LogP contribution is -2.25. The molecule has 27 heavy (non-hydrogen) atoms. The summed E-state index contributed by atoms with van der Waals surface area (Å²) in [4.78, 5) is 12.3. The summed E-state index contributed by atoms with van der Waals surface area (Å²) >= 11 is 0. The summed E-state index contributed by atoms with van der Waals surface area (Å²) < 4.78 is 2.07. The molecular formula is C21H26N4O2. The van der Waals surface area contributed by atoms with Gasteiger partial charge in [0, 0.05) is 49.3 Å². The van der Waals surface area contributed by atoms with Gasteiger partial charge in [-0.1, -0.05) is 12.1 Å². The Labute approximate surface area is 159 Å². The molecule has 6 heteroatoms. The molecule has 0 fully saturated rings. The number of hydrogen-bond acceptors (Lipinski definition) is 4. The molecule has 2 aromatic carbocycles. The van der Waals surface area contributed by atoms with E-state index in [1.165, 1.54) is 0 Å². The van der Waals surface area contributed by atoms with Crippen LogP contribution in [0, 0.1) is 0 Å². The van der Waals surface area contributed by atoms with Crippen molar-refractivity contribution >= 4 is 16.8 Å². The zero-order valence-electron chi connectivity index (χ0n) is 15.5. The van der Waals surface area contributed by atoms with Gasteiger partial charge in [-0.25, -0.2) is 0 Å². The predicted octanol–water partition coefficient (Wildman–Crippen LogP) is 2.25. The van der Waals surface area contributed by atoms with Gasteiger partial charge in [-0.2, -0.15) is 0 Å². The predicted molar refractivity (Wildman–Crippen MR) is 108 cm³/mol. The van der Waals surface area contributed by atoms with E-state index in [1.807, 2.05) is 37.4 Å². The van der Waals surface area contributed by atoms with E-state index >= 15 is 0 Å². The van der Waals surface area contributed by atoms with Gasteiger partial charge < -0.3 is 26.0 Å². The van der Waals surface area contributed by atoms with Gasteiger partial charge in [0.25, 0.3) is 5.91 Å². The number of hydrogen-bond donors (Lipinski definition) is 4. The number of nitrogens with zero attached hydrogens (tertiary/aromatic N) is 1. The van der Waals surface area contributed by atoms with Crippen molar-refractivity contribution in [3.8, 4) is 5.75 Å². The second kappa shape index (κ2) is 8.70. The molecular weight excluding hydrogens is 340 g/mol. The van der Waals surface area contributed by atoms with E-state index in [-0.39, 0.29) is 11.7 Å². The summed E-state index contributed by atoms with van der Waals surface area (Å²) in [6.45, 7) is 2.55. The molecule has 5 N–H and O–H groups in total. The van der Waals surface area contributed by atoms with E-state index < -0.39 is 0 Å². The highest BCUT2D eigenvalue weighted by molar-refractivity contribution is 5.98. The topological polar surface area (TPSA) is 92.3 Å². The smallest absolute Gasteiger partial charge is 0.251 e. The number of benzene rings is 2. The van der Waals surface area contributed by atoms with Gasteiger partial charge >= 0.3 is 0 Å². The third kappa shape index (κ3) is 4.67. The first-order chi connectivity index (χ1) is 13.1. The van der Waals surface area contributed by atoms with Crippen molar-refractivity contribution in [2.75, 3.05) is 13.1 Å². The summed E-state index contributed by atoms with van der Waals surface area (Å²) in [6.07, 6.45) is 2.86. The second-order valence-corrected chi connectivity index (χ2v) is 6.67. The van der Waals surface area contributed by atoms with Crippen molar-refractivity contribution in [2.45, 2.75) is 19.5 Å². The van der Waals surface area contributed by atoms with Gasteiger partial charge in [0.2, 0.25) is 0 Å². The van der Waals surface area contributed by atoms with Crippen LogP contribution in [0.25, 0.3) is 10.9 Å². The molecule has 6 nitrogen and oxygen atoms in total. The van der Waals surface area contributed by atoms with Gasteiger partial charge in [0.1, 0.15) is 5.75 Å². The minimum Gasteiger partial charge on any atom is -0.508 e. The normalized spacial score (nSPS) is 11.0. The SMILES string of the molecule is Cn1cc(CNCc2ccc(O)cc2)c2cc(C(=O)NCCCN)ccc21. The van der Waals surface area contributed by atoms with E-state index in [9.17, 15) is 9.90 Å². The fourth-order valence-electron chi connectivity index (χ4n) is 3.12. The number of aryl methyl sites for hydroxylation is 1. The minimum atomic E-state index is -0.0720. The first kappa shape index (κ1) is 18.9. The number of nitrogens with two attached hydrogens (primary N) is 1. The number of aromatic nitrogens is 1. The number of nitrogens with one attached hydrogen (secondary N) is 2. The van der Waals surface area contributed by atoms with Crippen LogP contribution in [0.2, 0.25) is 0 Å². The third-order valence-corrected chi connectivity index (χ3v) is 4.58. The van der Waals surface area contributed by atoms with Crippen LogP contribution in [0.1, 0.15) is 27.9 Å². The van der Waals surface area contributed by atoms with Crippen molar-refractivity contribution in [1.29, 1.82) is 0 Å². The van der Waals surface area contributed by atoms with Crippen molar-refractivity contribution in [3.05, 3.63) is 65.4 Å². The number of amides is 1. The van der Waals surface area contributed by atoms with E-state index in [2.05, 4.69) is 21.4 Å². The molecule has 0 unspecified atom stereocenters. The number of fused-ring (bicyclic) bond motifs is 1. The molecule has 0 radical (unpaired) electrons. The Morgan fingerprint density at radius 2 is 1.93 bits per heavy atom. The van der Waals surface area contributed by atoms with Gasteiger partial charge in [-0.15, -0.1) is 0 Å². The van der Waals surface area contributed by atoms with Crippen LogP contribution in [0.4, 0.5) is 0 Å². The lowest BCUT2D eigenvalue weighted by Gasteiger charge is -2.07. The summed E-state index contributed by atoms with van der Waals surface area (Å²) in [6, 6.07) is 13.0. The van der Waals surface area contributed by atoms with E-state index in [1.54, 1.807) is 12.1 Å². The molecule has 3 rings (SSSR count). The third-order valence-electron chi connectivity index (χ3n) is 4.58. The second-order valence-electron chi connectivity index (χ2n) is 6.67. The van der Waals surface area contributed by atoms with E-state index in [0.29, 0.717) is 31.7 Å². The van der Waals surface area contributed by atoms with Gasteiger partial charge in [-0.3, -0.25) is 4.79 Å². The summed E-state index contributed by atoms with van der Waals surface area (Å²) in [5.74, 6) is 0.197. The molecule has 0 atom stereocenters. The Morgan fingerprint density at radius 3 is 2.67 bits per heavy atom. The number of aromatic hydroxyl groups is 1. The lowest BCUT2D eigenvalue weighted by atomic mass is 10.1. The molecule has 1 amide bonds. The molecule has 142 valence electrons. The number of phenolic OH excluding ortho intramolecular Hbond substituents is 1. The largest absolute Gasteiger partial charge is 0.508 e. The van der Waals surface area contributed by atoms with Crippen molar-refractivity contribution in [2.24, 2.45) is 12.8 Å². The molecule has 1 heterocycles. The number of carbonyl (C=O) groups is 1. The molecule has 3 aromatic rings. The first-order valence-corrected chi connectivity index (χ1v) is 9.13. The molecule has 0 aliphatic heterocycles. The molecule has 0 aliphatic carbocycles. The monoisotopic (exact) mass is 366 g/mol. The summed E-state index contributed by atoms with van der Waals surface area (Å²) in [5, 5.41) is 16.8. The Balaban J connectivity index is 1.71. The average molecular weight is 366 g/mol. The first-order valence-electron chi connectivity index (χ1n) is 9.13. The van der Waals surface area contributed by atoms with E-state index in [0.717, 1.165) is 28.5 Å². The van der Waals surface area contributed by atoms with Crippen LogP contribution in [-0.2, 0) is 20.1 Å². The standard InChI is InChI=1S/C21H26N4O2/c1-25-14-17(13-23-12-15-3-6-18(26)7-4-15)19-11-16(5-8-20(19)25)21(27)24-10-2-9-22/h3-8,11,14,23,26H,2,9-10,12-13,22H2,1H3,(H,24,27). The molecule has 0 bridgehead atoms. The summed E-state index contributed by atoms with van der Waals surface area (Å²) in [5.41, 5.74) is 9.47. The Kier molecular flexibility index (Phi) is 6.11. The zero-order chi connectivity index (χ0) is 19.2. The number of phenols is 1. The zero-order valence-corrected chi connectivity index (χ0v) is 15.5. The molecule has 0 saturated heterocycles. The van der Waals surface area contributed by atoms with Crippen molar-refractivity contribution in [1.82, 2.24) is 15.2 Å². The van der Waals surface area contributed by atoms with Crippen LogP contribution in [0.15, 0.2) is 48.7 Å². The Morgan fingerprint density at radius 1 is 1.15 bits per heavy atom. The number of rotatable bonds is 8. The van der Waals surface area contributed by atoms with Crippen LogP contribution in [0.5, 0.6) is 5.75 Å². The molecule has 1 aromatic heterocycles. The van der Waals surface area contributed by atoms with Crippen LogP contribution in [-0.4, -0.2) is 28.7 Å². The van der Waals surface area contributed by atoms with Crippen LogP contribution < -0.4 is 16.4 Å². The highest BCUT2D eigenvalue weighted by Crippen LogP contribution is 2.22. The van der Waals surface area contributed by atoms with Gasteiger partial charge in [0.05, 0.1) is 0 Å². The minimum absolute atomic E-state index is 0.0720. The quantitative estimate of drug-likeness (QED) is 0.460. The average Bonchev–Trinajstić information content (AvgIpc) is 2.99. The maximum Gasteiger partial charge on any atom is 0.251 e. The fourth-order valence-corrected chi connectivity index (χ4v) is 3.12. The molecule has 0 aliphatic rings. The van der Waals surface area contributed by atoms with Gasteiger partial charge in [-0.05, 0) is 54.4 Å². The molecule has 0 spiro atoms. The maximum absolute atomic E-state index is 12.3. The fraction of sp³-hybridized carbons (Fsp3) is 0.286. The highest BCUT2D eigenvalue weighted by Gasteiger charge is 2.11. The van der Waals surface area contributed by atoms with Crippen LogP contribution >= 0.6 is 0 Å². The Bertz CT molecular complexity index is 916. The van der Waals surface area contributed by atoms with E-state index in [4.69, 9.17) is 5.73 Å². The number of carbonyl (C=O) groups excluding carboxylic acids is 1. The Hall–Kier alpha value is -2.83. The van der Waals surface area contributed by atoms with Crippen molar-refractivity contribution in [3.63, 3.8) is 0 Å². The lowest BCUT2D eigenvalue weighted by molar-refractivity contribution is 0.0953. The van der Waals surface area contributed by atoms with Crippen LogP contribution in [0.3, 0.4) is 0 Å². The summed E-state index contributed by atoms with van der Waals surface area (Å²) in [7, 11) is 2.01. The molecule has 0 saturated carbocycles. The maximum atomic E-state index is 12.3. The van der Waals surface area contributed by atoms with Crippen molar-refractivity contribution < 1.29 is 9.90 Å². The highest BCUT2D eigenvalue weighted by atomic mass is 16.3. The van der Waals surface area contributed by atoms with Gasteiger partial charge in [0.15, 0.2) is 0 Å².